The summed E-state index contributed by atoms with van der Waals surface area (Å²) < 4.78 is 5.49. The number of rotatable bonds is 5. The van der Waals surface area contributed by atoms with E-state index in [1.165, 1.54) is 12.8 Å². The van der Waals surface area contributed by atoms with Crippen LogP contribution in [-0.2, 0) is 0 Å². The van der Waals surface area contributed by atoms with Crippen molar-refractivity contribution in [3.05, 3.63) is 18.2 Å². The van der Waals surface area contributed by atoms with Gasteiger partial charge in [0.15, 0.2) is 0 Å². The molecule has 0 radical (unpaired) electrons. The zero-order chi connectivity index (χ0) is 11.5. The average Bonchev–Trinajstić information content (AvgIpc) is 3.01. The van der Waals surface area contributed by atoms with Crippen molar-refractivity contribution in [2.75, 3.05) is 30.8 Å². The Bertz CT molecular complexity index is 361. The Morgan fingerprint density at radius 2 is 2.12 bits per heavy atom. The predicted octanol–water partition coefficient (Wildman–Crippen LogP) is 2.51. The molecule has 1 aliphatic rings. The Labute approximate surface area is 97.2 Å². The van der Waals surface area contributed by atoms with Gasteiger partial charge in [-0.15, -0.1) is 0 Å². The average molecular weight is 220 g/mol. The molecule has 1 saturated carbocycles. The molecule has 1 aliphatic carbocycles. The molecular formula is C13H20N2O. The molecule has 88 valence electrons. The minimum atomic E-state index is 0.676. The van der Waals surface area contributed by atoms with Crippen molar-refractivity contribution in [1.29, 1.82) is 0 Å². The Hall–Kier alpha value is -1.38. The van der Waals surface area contributed by atoms with Crippen molar-refractivity contribution in [1.82, 2.24) is 0 Å². The molecule has 3 heteroatoms. The number of hydrogen-bond donors (Lipinski definition) is 1. The highest BCUT2D eigenvalue weighted by molar-refractivity contribution is 5.60. The minimum Gasteiger partial charge on any atom is -0.494 e. The second-order valence-electron chi connectivity index (χ2n) is 4.52. The lowest BCUT2D eigenvalue weighted by atomic mass is 10.2. The van der Waals surface area contributed by atoms with Gasteiger partial charge < -0.3 is 15.4 Å². The summed E-state index contributed by atoms with van der Waals surface area (Å²) in [5, 5.41) is 0. The van der Waals surface area contributed by atoms with Gasteiger partial charge in [0.05, 0.1) is 6.61 Å². The Kier molecular flexibility index (Phi) is 3.22. The third kappa shape index (κ3) is 2.81. The van der Waals surface area contributed by atoms with E-state index in [0.717, 1.165) is 29.6 Å². The maximum absolute atomic E-state index is 5.87. The van der Waals surface area contributed by atoms with Gasteiger partial charge in [0.2, 0.25) is 0 Å². The summed E-state index contributed by atoms with van der Waals surface area (Å²) in [5.74, 6) is 1.74. The molecular weight excluding hydrogens is 200 g/mol. The normalized spacial score (nSPS) is 14.9. The maximum atomic E-state index is 5.87. The Morgan fingerprint density at radius 3 is 2.75 bits per heavy atom. The molecule has 0 atom stereocenters. The second kappa shape index (κ2) is 4.64. The SMILES string of the molecule is CCOc1cc(N)cc(N(C)CC2CC2)c1. The van der Waals surface area contributed by atoms with Gasteiger partial charge in [-0.05, 0) is 31.7 Å². The van der Waals surface area contributed by atoms with Crippen LogP contribution in [0.1, 0.15) is 19.8 Å². The standard InChI is InChI=1S/C13H20N2O/c1-3-16-13-7-11(14)6-12(8-13)15(2)9-10-4-5-10/h6-8,10H,3-5,9,14H2,1-2H3. The van der Waals surface area contributed by atoms with E-state index in [2.05, 4.69) is 18.0 Å². The first-order valence-corrected chi connectivity index (χ1v) is 5.93. The van der Waals surface area contributed by atoms with Crippen molar-refractivity contribution in [3.63, 3.8) is 0 Å². The first-order valence-electron chi connectivity index (χ1n) is 5.93. The van der Waals surface area contributed by atoms with Gasteiger partial charge in [-0.3, -0.25) is 0 Å². The van der Waals surface area contributed by atoms with Crippen LogP contribution in [0.2, 0.25) is 0 Å². The highest BCUT2D eigenvalue weighted by Gasteiger charge is 2.23. The lowest BCUT2D eigenvalue weighted by Gasteiger charge is -2.20. The number of ether oxygens (including phenoxy) is 1. The molecule has 0 heterocycles. The van der Waals surface area contributed by atoms with Crippen LogP contribution in [0.3, 0.4) is 0 Å². The topological polar surface area (TPSA) is 38.5 Å². The highest BCUT2D eigenvalue weighted by Crippen LogP contribution is 2.32. The van der Waals surface area contributed by atoms with Crippen LogP contribution in [0.15, 0.2) is 18.2 Å². The van der Waals surface area contributed by atoms with Crippen LogP contribution in [0, 0.1) is 5.92 Å². The fraction of sp³-hybridized carbons (Fsp3) is 0.538. The maximum Gasteiger partial charge on any atom is 0.123 e. The summed E-state index contributed by atoms with van der Waals surface area (Å²) in [7, 11) is 2.11. The number of hydrogen-bond acceptors (Lipinski definition) is 3. The summed E-state index contributed by atoms with van der Waals surface area (Å²) in [6.07, 6.45) is 2.73. The van der Waals surface area contributed by atoms with Crippen LogP contribution in [0.4, 0.5) is 11.4 Å². The van der Waals surface area contributed by atoms with E-state index in [4.69, 9.17) is 10.5 Å². The smallest absolute Gasteiger partial charge is 0.123 e. The number of nitrogen functional groups attached to an aromatic ring is 1. The molecule has 0 aromatic heterocycles. The van der Waals surface area contributed by atoms with Crippen molar-refractivity contribution < 1.29 is 4.74 Å². The van der Waals surface area contributed by atoms with E-state index in [0.29, 0.717) is 6.61 Å². The number of nitrogens with two attached hydrogens (primary N) is 1. The summed E-state index contributed by atoms with van der Waals surface area (Å²) in [4.78, 5) is 2.26. The molecule has 2 rings (SSSR count). The van der Waals surface area contributed by atoms with Crippen LogP contribution in [0.5, 0.6) is 5.75 Å². The van der Waals surface area contributed by atoms with Gasteiger partial charge >= 0.3 is 0 Å². The van der Waals surface area contributed by atoms with Gasteiger partial charge in [0, 0.05) is 37.1 Å². The van der Waals surface area contributed by atoms with Crippen LogP contribution >= 0.6 is 0 Å². The molecule has 0 saturated heterocycles. The van der Waals surface area contributed by atoms with E-state index in [-0.39, 0.29) is 0 Å². The first kappa shape index (κ1) is 11.1. The Morgan fingerprint density at radius 1 is 1.38 bits per heavy atom. The molecule has 0 spiro atoms. The van der Waals surface area contributed by atoms with Crippen LogP contribution in [-0.4, -0.2) is 20.2 Å². The van der Waals surface area contributed by atoms with Crippen molar-refractivity contribution in [3.8, 4) is 5.75 Å². The van der Waals surface area contributed by atoms with Crippen molar-refractivity contribution in [2.24, 2.45) is 5.92 Å². The molecule has 0 bridgehead atoms. The second-order valence-corrected chi connectivity index (χ2v) is 4.52. The minimum absolute atomic E-state index is 0.676. The largest absolute Gasteiger partial charge is 0.494 e. The van der Waals surface area contributed by atoms with Gasteiger partial charge in [-0.2, -0.15) is 0 Å². The summed E-state index contributed by atoms with van der Waals surface area (Å²) in [6, 6.07) is 5.94. The third-order valence-electron chi connectivity index (χ3n) is 2.89. The molecule has 0 amide bonds. The zero-order valence-electron chi connectivity index (χ0n) is 10.1. The summed E-state index contributed by atoms with van der Waals surface area (Å²) >= 11 is 0. The summed E-state index contributed by atoms with van der Waals surface area (Å²) in [5.41, 5.74) is 7.78. The molecule has 1 fully saturated rings. The Balaban J connectivity index is 2.11. The highest BCUT2D eigenvalue weighted by atomic mass is 16.5. The molecule has 1 aromatic carbocycles. The van der Waals surface area contributed by atoms with Crippen LogP contribution in [0.25, 0.3) is 0 Å². The molecule has 0 aliphatic heterocycles. The van der Waals surface area contributed by atoms with Gasteiger partial charge in [0.25, 0.3) is 0 Å². The van der Waals surface area contributed by atoms with Crippen molar-refractivity contribution in [2.45, 2.75) is 19.8 Å². The molecule has 1 aromatic rings. The van der Waals surface area contributed by atoms with E-state index in [1.807, 2.05) is 19.1 Å². The van der Waals surface area contributed by atoms with Gasteiger partial charge in [-0.25, -0.2) is 0 Å². The number of anilines is 2. The third-order valence-corrected chi connectivity index (χ3v) is 2.89. The quantitative estimate of drug-likeness (QED) is 0.775. The molecule has 0 unspecified atom stereocenters. The van der Waals surface area contributed by atoms with Gasteiger partial charge in [0.1, 0.15) is 5.75 Å². The van der Waals surface area contributed by atoms with E-state index in [1.54, 1.807) is 0 Å². The lowest BCUT2D eigenvalue weighted by Crippen LogP contribution is -2.20. The fourth-order valence-corrected chi connectivity index (χ4v) is 1.87. The van der Waals surface area contributed by atoms with E-state index >= 15 is 0 Å². The summed E-state index contributed by atoms with van der Waals surface area (Å²) in [6.45, 7) is 3.78. The fourth-order valence-electron chi connectivity index (χ4n) is 1.87. The zero-order valence-corrected chi connectivity index (χ0v) is 10.1. The van der Waals surface area contributed by atoms with E-state index in [9.17, 15) is 0 Å². The molecule has 2 N–H and O–H groups in total. The molecule has 16 heavy (non-hydrogen) atoms. The van der Waals surface area contributed by atoms with Crippen LogP contribution < -0.4 is 15.4 Å². The first-order chi connectivity index (χ1) is 7.69. The predicted molar refractivity (Wildman–Crippen MR) is 68.0 cm³/mol. The lowest BCUT2D eigenvalue weighted by molar-refractivity contribution is 0.340. The van der Waals surface area contributed by atoms with Gasteiger partial charge in [-0.1, -0.05) is 0 Å². The monoisotopic (exact) mass is 220 g/mol. The van der Waals surface area contributed by atoms with E-state index < -0.39 is 0 Å². The number of benzene rings is 1. The van der Waals surface area contributed by atoms with Crippen molar-refractivity contribution >= 4 is 11.4 Å². The number of nitrogens with zero attached hydrogens (tertiary/aromatic N) is 1. The molecule has 3 nitrogen and oxygen atoms in total.